The Bertz CT molecular complexity index is 1400. The summed E-state index contributed by atoms with van der Waals surface area (Å²) in [4.78, 5) is 18.6. The number of nitrogens with zero attached hydrogens (tertiary/aromatic N) is 3. The molecule has 12 heteroatoms. The molecule has 0 radical (unpaired) electrons. The second-order valence-corrected chi connectivity index (χ2v) is 11.3. The lowest BCUT2D eigenvalue weighted by atomic mass is 9.93. The van der Waals surface area contributed by atoms with Crippen molar-refractivity contribution in [3.05, 3.63) is 40.6 Å². The third-order valence-electron chi connectivity index (χ3n) is 5.22. The second-order valence-electron chi connectivity index (χ2n) is 7.55. The van der Waals surface area contributed by atoms with Gasteiger partial charge in [0.25, 0.3) is 0 Å². The minimum atomic E-state index is -3.93. The maximum Gasteiger partial charge on any atom is 0.310 e. The lowest BCUT2D eigenvalue weighted by molar-refractivity contribution is 0.103. The molecule has 1 aliphatic heterocycles. The van der Waals surface area contributed by atoms with Gasteiger partial charge in [-0.1, -0.05) is 18.0 Å². The molecule has 1 aliphatic rings. The van der Waals surface area contributed by atoms with E-state index in [2.05, 4.69) is 16.2 Å². The molecule has 1 aromatic carbocycles. The van der Waals surface area contributed by atoms with Crippen LogP contribution in [0.25, 0.3) is 0 Å². The summed E-state index contributed by atoms with van der Waals surface area (Å²) >= 11 is 0. The zero-order valence-corrected chi connectivity index (χ0v) is 20.7. The monoisotopic (exact) mass is 507 g/mol. The molecule has 0 atom stereocenters. The molecule has 0 fully saturated rings. The SMILES string of the molecule is C#CCO/N=C1\CCS(=O)(=O)c2ccc(C(=O)c3cnn(CC)c3OS(=O)(=O)CCC)c(C)c21. The van der Waals surface area contributed by atoms with Crippen LogP contribution in [0.5, 0.6) is 5.88 Å². The Morgan fingerprint density at radius 3 is 2.68 bits per heavy atom. The molecule has 0 amide bonds. The van der Waals surface area contributed by atoms with E-state index in [9.17, 15) is 21.6 Å². The van der Waals surface area contributed by atoms with Gasteiger partial charge < -0.3 is 9.02 Å². The number of terminal acetylenes is 1. The topological polar surface area (TPSA) is 134 Å². The van der Waals surface area contributed by atoms with Gasteiger partial charge in [-0.3, -0.25) is 4.79 Å². The third-order valence-corrected chi connectivity index (χ3v) is 8.29. The van der Waals surface area contributed by atoms with Crippen LogP contribution in [0, 0.1) is 19.3 Å². The molecule has 0 saturated carbocycles. The number of rotatable bonds is 9. The first kappa shape index (κ1) is 25.5. The summed E-state index contributed by atoms with van der Waals surface area (Å²) in [6.07, 6.45) is 6.86. The fourth-order valence-corrected chi connectivity index (χ4v) is 6.19. The van der Waals surface area contributed by atoms with Crippen LogP contribution in [0.4, 0.5) is 0 Å². The van der Waals surface area contributed by atoms with Crippen LogP contribution in [0.3, 0.4) is 0 Å². The van der Waals surface area contributed by atoms with E-state index in [4.69, 9.17) is 15.4 Å². The number of hydrogen-bond donors (Lipinski definition) is 0. The Hall–Kier alpha value is -3.17. The van der Waals surface area contributed by atoms with Crippen LogP contribution in [0.15, 0.2) is 28.4 Å². The Kier molecular flexibility index (Phi) is 7.48. The van der Waals surface area contributed by atoms with Gasteiger partial charge in [-0.15, -0.1) is 6.42 Å². The molecule has 2 aromatic rings. The Morgan fingerprint density at radius 1 is 1.29 bits per heavy atom. The zero-order chi connectivity index (χ0) is 25.1. The van der Waals surface area contributed by atoms with E-state index in [-0.39, 0.29) is 58.5 Å². The molecular weight excluding hydrogens is 482 g/mol. The van der Waals surface area contributed by atoms with E-state index in [1.54, 1.807) is 20.8 Å². The second kappa shape index (κ2) is 9.99. The summed E-state index contributed by atoms with van der Waals surface area (Å²) in [6.45, 7) is 5.21. The van der Waals surface area contributed by atoms with Crippen molar-refractivity contribution < 1.29 is 30.7 Å². The van der Waals surface area contributed by atoms with Crippen molar-refractivity contribution in [3.8, 4) is 18.2 Å². The fourth-order valence-electron chi connectivity index (χ4n) is 3.66. The van der Waals surface area contributed by atoms with Crippen molar-refractivity contribution in [2.24, 2.45) is 5.16 Å². The van der Waals surface area contributed by atoms with E-state index in [0.717, 1.165) is 0 Å². The highest BCUT2D eigenvalue weighted by molar-refractivity contribution is 7.91. The molecule has 2 heterocycles. The molecular formula is C22H25N3O7S2. The molecule has 0 saturated heterocycles. The summed E-state index contributed by atoms with van der Waals surface area (Å²) < 4.78 is 56.4. The average Bonchev–Trinajstić information content (AvgIpc) is 3.17. The summed E-state index contributed by atoms with van der Waals surface area (Å²) in [5, 5.41) is 8.07. The lowest BCUT2D eigenvalue weighted by Crippen LogP contribution is -2.25. The molecule has 34 heavy (non-hydrogen) atoms. The Labute approximate surface area is 199 Å². The van der Waals surface area contributed by atoms with E-state index >= 15 is 0 Å². The summed E-state index contributed by atoms with van der Waals surface area (Å²) in [7, 11) is -7.51. The number of aromatic nitrogens is 2. The first-order chi connectivity index (χ1) is 16.1. The molecule has 0 unspecified atom stereocenters. The largest absolute Gasteiger partial charge is 0.382 e. The molecule has 1 aromatic heterocycles. The smallest absolute Gasteiger partial charge is 0.310 e. The highest BCUT2D eigenvalue weighted by Crippen LogP contribution is 2.32. The molecule has 0 aliphatic carbocycles. The summed E-state index contributed by atoms with van der Waals surface area (Å²) in [6, 6.07) is 2.74. The minimum Gasteiger partial charge on any atom is -0.382 e. The van der Waals surface area contributed by atoms with Gasteiger partial charge in [0.2, 0.25) is 5.88 Å². The highest BCUT2D eigenvalue weighted by Gasteiger charge is 2.33. The number of ketones is 1. The fraction of sp³-hybridized carbons (Fsp3) is 0.409. The van der Waals surface area contributed by atoms with Crippen LogP contribution >= 0.6 is 0 Å². The predicted octanol–water partition coefficient (Wildman–Crippen LogP) is 2.09. The van der Waals surface area contributed by atoms with E-state index < -0.39 is 25.7 Å². The van der Waals surface area contributed by atoms with Crippen LogP contribution in [-0.2, 0) is 31.3 Å². The summed E-state index contributed by atoms with van der Waals surface area (Å²) in [5.41, 5.74) is 1.11. The zero-order valence-electron chi connectivity index (χ0n) is 19.1. The first-order valence-corrected chi connectivity index (χ1v) is 13.8. The van der Waals surface area contributed by atoms with Crippen LogP contribution in [-0.4, -0.2) is 56.2 Å². The lowest BCUT2D eigenvalue weighted by Gasteiger charge is -2.21. The van der Waals surface area contributed by atoms with Gasteiger partial charge in [0, 0.05) is 24.1 Å². The number of sulfone groups is 1. The number of carbonyl (C=O) groups excluding carboxylic acids is 1. The molecule has 0 spiro atoms. The van der Waals surface area contributed by atoms with Crippen molar-refractivity contribution in [1.29, 1.82) is 0 Å². The van der Waals surface area contributed by atoms with Gasteiger partial charge in [0.1, 0.15) is 5.56 Å². The van der Waals surface area contributed by atoms with Crippen molar-refractivity contribution in [2.45, 2.75) is 45.1 Å². The quantitative estimate of drug-likeness (QED) is 0.166. The van der Waals surface area contributed by atoms with Gasteiger partial charge in [-0.25, -0.2) is 13.1 Å². The third kappa shape index (κ3) is 5.00. The van der Waals surface area contributed by atoms with Crippen LogP contribution in [0.2, 0.25) is 0 Å². The van der Waals surface area contributed by atoms with Gasteiger partial charge in [-0.2, -0.15) is 13.5 Å². The number of hydrogen-bond acceptors (Lipinski definition) is 9. The van der Waals surface area contributed by atoms with Crippen molar-refractivity contribution in [1.82, 2.24) is 9.78 Å². The Balaban J connectivity index is 2.14. The van der Waals surface area contributed by atoms with Gasteiger partial charge in [0.15, 0.2) is 22.2 Å². The van der Waals surface area contributed by atoms with Crippen LogP contribution < -0.4 is 4.18 Å². The first-order valence-electron chi connectivity index (χ1n) is 10.6. The number of fused-ring (bicyclic) bond motifs is 1. The normalized spacial score (nSPS) is 16.0. The van der Waals surface area contributed by atoms with Crippen LogP contribution in [0.1, 0.15) is 53.7 Å². The van der Waals surface area contributed by atoms with Gasteiger partial charge in [-0.05, 0) is 38.0 Å². The number of carbonyl (C=O) groups is 1. The van der Waals surface area contributed by atoms with E-state index in [1.807, 2.05) is 0 Å². The standard InChI is InChI=1S/C22H25N3O7S2/c1-5-11-31-24-18-10-13-33(27,28)19-9-8-16(15(4)20(18)19)21(26)17-14-23-25(7-3)22(17)32-34(29,30)12-6-2/h1,8-9,14H,6-7,10-13H2,2-4H3/b24-18+. The maximum absolute atomic E-state index is 13.5. The molecule has 10 nitrogen and oxygen atoms in total. The highest BCUT2D eigenvalue weighted by atomic mass is 32.2. The molecule has 182 valence electrons. The molecule has 0 N–H and O–H groups in total. The number of oxime groups is 1. The molecule has 0 bridgehead atoms. The maximum atomic E-state index is 13.5. The van der Waals surface area contributed by atoms with E-state index in [1.165, 1.54) is 23.0 Å². The molecule has 3 rings (SSSR count). The van der Waals surface area contributed by atoms with Gasteiger partial charge >= 0.3 is 10.1 Å². The Morgan fingerprint density at radius 2 is 2.03 bits per heavy atom. The summed E-state index contributed by atoms with van der Waals surface area (Å²) in [5.74, 6) is 1.17. The predicted molar refractivity (Wildman–Crippen MR) is 125 cm³/mol. The average molecular weight is 508 g/mol. The van der Waals surface area contributed by atoms with Crippen molar-refractivity contribution in [3.63, 3.8) is 0 Å². The minimum absolute atomic E-state index is 0.0436. The van der Waals surface area contributed by atoms with Crippen molar-refractivity contribution in [2.75, 3.05) is 18.1 Å². The van der Waals surface area contributed by atoms with E-state index in [0.29, 0.717) is 17.7 Å². The number of benzene rings is 1. The van der Waals surface area contributed by atoms with Gasteiger partial charge in [0.05, 0.1) is 28.3 Å². The van der Waals surface area contributed by atoms with Crippen molar-refractivity contribution >= 4 is 31.5 Å². The number of aryl methyl sites for hydroxylation is 1.